The first-order chi connectivity index (χ1) is 24.8. The van der Waals surface area contributed by atoms with Gasteiger partial charge < -0.3 is 0 Å². The van der Waals surface area contributed by atoms with Crippen molar-refractivity contribution in [3.05, 3.63) is 100 Å². The molecule has 0 radical (unpaired) electrons. The standard InChI is InChI=1S/C45H60N4O2/c1-6-33(4)36(19-23-41(50)30-40-18-11-9-10-12-27-47-40)21-25-43(46-5)38-15-13-16-39(29-38)44-26-22-37(35(8-3)32-49-44)20-24-42(51)31-45-34(7-2)17-14-28-48-45/h10,12,14,17-18,21-22,25-28,33,38-39H,5-9,11,13,15-16,19-20,23-24,29-32H2,1-4H3/b12-10-,36-21?,40-18-,43-25?,47-27+. The molecule has 0 saturated heterocycles. The van der Waals surface area contributed by atoms with Gasteiger partial charge in [-0.05, 0) is 118 Å². The number of aromatic nitrogens is 1. The normalized spacial score (nSPS) is 22.9. The van der Waals surface area contributed by atoms with E-state index in [4.69, 9.17) is 4.99 Å². The van der Waals surface area contributed by atoms with Crippen molar-refractivity contribution in [2.24, 2.45) is 32.7 Å². The van der Waals surface area contributed by atoms with Crippen molar-refractivity contribution in [1.82, 2.24) is 4.98 Å². The van der Waals surface area contributed by atoms with E-state index >= 15 is 0 Å². The molecule has 4 rings (SSSR count). The van der Waals surface area contributed by atoms with Gasteiger partial charge in [-0.15, -0.1) is 0 Å². The highest BCUT2D eigenvalue weighted by atomic mass is 16.1. The molecule has 272 valence electrons. The molecule has 0 N–H and O–H groups in total. The van der Waals surface area contributed by atoms with Crippen molar-refractivity contribution >= 4 is 30.2 Å². The second-order valence-electron chi connectivity index (χ2n) is 14.3. The van der Waals surface area contributed by atoms with Crippen LogP contribution >= 0.6 is 0 Å². The van der Waals surface area contributed by atoms with Gasteiger partial charge in [0.1, 0.15) is 11.6 Å². The zero-order chi connectivity index (χ0) is 36.4. The third-order valence-corrected chi connectivity index (χ3v) is 10.8. The third kappa shape index (κ3) is 12.6. The Morgan fingerprint density at radius 2 is 1.86 bits per heavy atom. The number of rotatable bonds is 18. The Morgan fingerprint density at radius 3 is 2.65 bits per heavy atom. The van der Waals surface area contributed by atoms with Crippen LogP contribution in [0.5, 0.6) is 0 Å². The van der Waals surface area contributed by atoms with Crippen LogP contribution in [0.3, 0.4) is 0 Å². The fraction of sp³-hybridized carbons (Fsp3) is 0.511. The van der Waals surface area contributed by atoms with Crippen LogP contribution in [0.1, 0.15) is 122 Å². The van der Waals surface area contributed by atoms with E-state index in [9.17, 15) is 9.59 Å². The number of Topliss-reactive ketones (excluding diaryl/α,β-unsaturated/α-hetero) is 2. The van der Waals surface area contributed by atoms with E-state index in [0.29, 0.717) is 50.0 Å². The maximum Gasteiger partial charge on any atom is 0.139 e. The largest absolute Gasteiger partial charge is 0.299 e. The van der Waals surface area contributed by atoms with Crippen LogP contribution in [0, 0.1) is 17.8 Å². The summed E-state index contributed by atoms with van der Waals surface area (Å²) in [6, 6.07) is 4.01. The number of aryl methyl sites for hydroxylation is 1. The number of carbonyl (C=O) groups excluding carboxylic acids is 2. The molecule has 1 saturated carbocycles. The summed E-state index contributed by atoms with van der Waals surface area (Å²) in [5.41, 5.74) is 9.04. The topological polar surface area (TPSA) is 84.1 Å². The molecule has 0 amide bonds. The van der Waals surface area contributed by atoms with E-state index in [1.54, 1.807) is 12.4 Å². The molecule has 6 heteroatoms. The number of hydrogen-bond donors (Lipinski definition) is 0. The van der Waals surface area contributed by atoms with Crippen molar-refractivity contribution in [1.29, 1.82) is 0 Å². The molecule has 0 aromatic carbocycles. The average Bonchev–Trinajstić information content (AvgIpc) is 3.35. The molecule has 3 aliphatic rings. The predicted octanol–water partition coefficient (Wildman–Crippen LogP) is 10.7. The minimum Gasteiger partial charge on any atom is -0.299 e. The summed E-state index contributed by atoms with van der Waals surface area (Å²) in [7, 11) is 0. The summed E-state index contributed by atoms with van der Waals surface area (Å²) in [5, 5.41) is 0. The molecular formula is C45H60N4O2. The summed E-state index contributed by atoms with van der Waals surface area (Å²) in [4.78, 5) is 44.6. The SMILES string of the molecule is C=NC(=CC=C(CCC(=O)CC1=C\CC\C=C/C=N/1)C(C)CC)C1CCCC(C2=NCC(CC)=C(CCC(=O)Cc3ncccc3CC)C=C2)C1. The molecule has 3 heterocycles. The summed E-state index contributed by atoms with van der Waals surface area (Å²) in [6.07, 6.45) is 31.0. The van der Waals surface area contributed by atoms with Crippen LogP contribution in [0.2, 0.25) is 0 Å². The molecule has 1 aromatic heterocycles. The van der Waals surface area contributed by atoms with Crippen LogP contribution < -0.4 is 0 Å². The van der Waals surface area contributed by atoms with Crippen LogP contribution in [0.15, 0.2) is 104 Å². The van der Waals surface area contributed by atoms with Crippen molar-refractivity contribution in [3.63, 3.8) is 0 Å². The number of nitrogens with zero attached hydrogens (tertiary/aromatic N) is 4. The molecule has 1 aliphatic carbocycles. The first-order valence-electron chi connectivity index (χ1n) is 19.5. The lowest BCUT2D eigenvalue weighted by Gasteiger charge is -2.29. The van der Waals surface area contributed by atoms with Gasteiger partial charge in [0, 0.05) is 67.0 Å². The minimum atomic E-state index is 0.237. The number of allylic oxidation sites excluding steroid dienone is 11. The highest BCUT2D eigenvalue weighted by Crippen LogP contribution is 2.36. The number of ketones is 2. The van der Waals surface area contributed by atoms with Gasteiger partial charge in [0.15, 0.2) is 0 Å². The Hall–Kier alpha value is -4.06. The van der Waals surface area contributed by atoms with Crippen molar-refractivity contribution in [3.8, 4) is 0 Å². The summed E-state index contributed by atoms with van der Waals surface area (Å²) < 4.78 is 0. The highest BCUT2D eigenvalue weighted by Gasteiger charge is 2.27. The lowest BCUT2D eigenvalue weighted by atomic mass is 9.77. The molecule has 2 aliphatic heterocycles. The lowest BCUT2D eigenvalue weighted by molar-refractivity contribution is -0.119. The van der Waals surface area contributed by atoms with E-state index < -0.39 is 0 Å². The molecule has 6 nitrogen and oxygen atoms in total. The third-order valence-electron chi connectivity index (χ3n) is 10.8. The molecule has 0 bridgehead atoms. The van der Waals surface area contributed by atoms with E-state index in [-0.39, 0.29) is 11.6 Å². The number of aliphatic imine (C=N–C) groups is 3. The van der Waals surface area contributed by atoms with Crippen molar-refractivity contribution in [2.75, 3.05) is 6.54 Å². The van der Waals surface area contributed by atoms with Gasteiger partial charge in [-0.25, -0.2) is 0 Å². The predicted molar refractivity (Wildman–Crippen MR) is 215 cm³/mol. The molecule has 0 spiro atoms. The van der Waals surface area contributed by atoms with E-state index in [2.05, 4.69) is 91.9 Å². The number of carbonyl (C=O) groups is 2. The molecular weight excluding hydrogens is 629 g/mol. The average molecular weight is 689 g/mol. The second kappa shape index (κ2) is 21.3. The number of hydrogen-bond acceptors (Lipinski definition) is 6. The zero-order valence-corrected chi connectivity index (χ0v) is 31.7. The molecule has 1 fully saturated rings. The van der Waals surface area contributed by atoms with Gasteiger partial charge in [0.25, 0.3) is 0 Å². The van der Waals surface area contributed by atoms with Gasteiger partial charge in [-0.3, -0.25) is 29.6 Å². The Bertz CT molecular complexity index is 1620. The van der Waals surface area contributed by atoms with Crippen LogP contribution in [0.25, 0.3) is 0 Å². The van der Waals surface area contributed by atoms with E-state index in [1.165, 1.54) is 22.4 Å². The van der Waals surface area contributed by atoms with Crippen LogP contribution in [-0.4, -0.2) is 41.7 Å². The van der Waals surface area contributed by atoms with Crippen molar-refractivity contribution in [2.45, 2.75) is 124 Å². The summed E-state index contributed by atoms with van der Waals surface area (Å²) in [6.45, 7) is 13.4. The highest BCUT2D eigenvalue weighted by molar-refractivity contribution is 5.98. The fourth-order valence-electron chi connectivity index (χ4n) is 7.39. The number of pyridine rings is 1. The quantitative estimate of drug-likeness (QED) is 0.114. The van der Waals surface area contributed by atoms with Gasteiger partial charge in [0.2, 0.25) is 0 Å². The Kier molecular flexibility index (Phi) is 16.6. The van der Waals surface area contributed by atoms with E-state index in [1.807, 2.05) is 12.1 Å². The second-order valence-corrected chi connectivity index (χ2v) is 14.3. The summed E-state index contributed by atoms with van der Waals surface area (Å²) >= 11 is 0. The summed E-state index contributed by atoms with van der Waals surface area (Å²) in [5.74, 6) is 1.56. The smallest absolute Gasteiger partial charge is 0.139 e. The van der Waals surface area contributed by atoms with Gasteiger partial charge in [-0.1, -0.05) is 70.1 Å². The van der Waals surface area contributed by atoms with Gasteiger partial charge >= 0.3 is 0 Å². The Morgan fingerprint density at radius 1 is 1.02 bits per heavy atom. The first kappa shape index (κ1) is 39.7. The minimum absolute atomic E-state index is 0.237. The van der Waals surface area contributed by atoms with Crippen molar-refractivity contribution < 1.29 is 9.59 Å². The molecule has 51 heavy (non-hydrogen) atoms. The lowest BCUT2D eigenvalue weighted by Crippen LogP contribution is -2.23. The molecule has 1 aromatic rings. The fourth-order valence-corrected chi connectivity index (χ4v) is 7.39. The molecule has 3 atom stereocenters. The monoisotopic (exact) mass is 688 g/mol. The molecule has 3 unspecified atom stereocenters. The maximum atomic E-state index is 13.0. The maximum absolute atomic E-state index is 13.0. The van der Waals surface area contributed by atoms with E-state index in [0.717, 1.165) is 93.3 Å². The van der Waals surface area contributed by atoms with Crippen LogP contribution in [0.4, 0.5) is 0 Å². The van der Waals surface area contributed by atoms with Crippen LogP contribution in [-0.2, 0) is 22.4 Å². The first-order valence-corrected chi connectivity index (χ1v) is 19.5. The van der Waals surface area contributed by atoms with Gasteiger partial charge in [0.05, 0.1) is 12.2 Å². The Balaban J connectivity index is 1.37. The van der Waals surface area contributed by atoms with Gasteiger partial charge in [-0.2, -0.15) is 0 Å². The zero-order valence-electron chi connectivity index (χ0n) is 31.7. The Labute approximate surface area is 307 Å².